The number of benzene rings is 3. The normalized spacial score (nSPS) is 11.4. The van der Waals surface area contributed by atoms with E-state index in [0.717, 1.165) is 35.2 Å². The van der Waals surface area contributed by atoms with E-state index in [1.54, 1.807) is 0 Å². The van der Waals surface area contributed by atoms with Gasteiger partial charge in [-0.25, -0.2) is 0 Å². The van der Waals surface area contributed by atoms with E-state index in [-0.39, 0.29) is 18.1 Å². The maximum Gasteiger partial charge on any atom is 0.303 e. The van der Waals surface area contributed by atoms with E-state index in [2.05, 4.69) is 95.4 Å². The van der Waals surface area contributed by atoms with Crippen molar-refractivity contribution in [3.05, 3.63) is 118 Å². The van der Waals surface area contributed by atoms with Crippen LogP contribution in [0.4, 0.5) is 5.69 Å². The molecule has 0 bridgehead atoms. The third-order valence-corrected chi connectivity index (χ3v) is 8.04. The van der Waals surface area contributed by atoms with Crippen molar-refractivity contribution < 1.29 is 19.4 Å². The molecule has 3 aromatic carbocycles. The first-order valence-electron chi connectivity index (χ1n) is 16.6. The van der Waals surface area contributed by atoms with E-state index in [1.807, 2.05) is 35.2 Å². The molecule has 0 amide bonds. The predicted octanol–water partition coefficient (Wildman–Crippen LogP) is 9.30. The molecule has 0 aliphatic heterocycles. The molecule has 2 N–H and O–H groups in total. The number of carboxylic acids is 1. The minimum absolute atomic E-state index is 0.0611. The number of ether oxygens (including phenoxy) is 1. The van der Waals surface area contributed by atoms with Crippen molar-refractivity contribution in [3.8, 4) is 5.75 Å². The lowest BCUT2D eigenvalue weighted by atomic mass is 9.96. The van der Waals surface area contributed by atoms with Gasteiger partial charge >= 0.3 is 5.97 Å². The van der Waals surface area contributed by atoms with Gasteiger partial charge in [0.15, 0.2) is 5.78 Å². The van der Waals surface area contributed by atoms with Gasteiger partial charge in [0.1, 0.15) is 12.4 Å². The summed E-state index contributed by atoms with van der Waals surface area (Å²) in [5.41, 5.74) is 7.82. The lowest BCUT2D eigenvalue weighted by Gasteiger charge is -2.16. The molecule has 0 spiro atoms. The Kier molecular flexibility index (Phi) is 12.2. The summed E-state index contributed by atoms with van der Waals surface area (Å²) in [4.78, 5) is 25.0. The number of hydrogen-bond donors (Lipinski definition) is 2. The van der Waals surface area contributed by atoms with Gasteiger partial charge in [0, 0.05) is 43.0 Å². The third kappa shape index (κ3) is 10.1. The van der Waals surface area contributed by atoms with Crippen LogP contribution in [-0.4, -0.2) is 21.4 Å². The second kappa shape index (κ2) is 16.3. The molecule has 0 aliphatic carbocycles. The molecule has 6 heteroatoms. The van der Waals surface area contributed by atoms with Crippen LogP contribution in [0.5, 0.6) is 5.75 Å². The summed E-state index contributed by atoms with van der Waals surface area (Å²) in [6.07, 6.45) is 6.54. The van der Waals surface area contributed by atoms with E-state index in [0.29, 0.717) is 54.8 Å². The Labute approximate surface area is 274 Å². The molecule has 0 radical (unpaired) electrons. The molecule has 4 aromatic rings. The van der Waals surface area contributed by atoms with Crippen molar-refractivity contribution in [1.29, 1.82) is 0 Å². The van der Waals surface area contributed by atoms with Crippen molar-refractivity contribution in [2.24, 2.45) is 11.8 Å². The number of aliphatic carboxylic acids is 1. The number of nitrogens with one attached hydrogen (secondary N) is 1. The summed E-state index contributed by atoms with van der Waals surface area (Å²) in [7, 11) is 0. The zero-order valence-corrected chi connectivity index (χ0v) is 28.3. The molecule has 0 saturated carbocycles. The fourth-order valence-electron chi connectivity index (χ4n) is 5.67. The average molecular weight is 623 g/mol. The molecule has 1 heterocycles. The summed E-state index contributed by atoms with van der Waals surface area (Å²) in [5, 5.41) is 12.6. The Hall–Kier alpha value is -4.32. The number of carbonyl (C=O) groups is 2. The van der Waals surface area contributed by atoms with E-state index < -0.39 is 5.97 Å². The second-order valence-corrected chi connectivity index (χ2v) is 13.5. The van der Waals surface area contributed by atoms with Crippen molar-refractivity contribution >= 4 is 17.4 Å². The number of carbonyl (C=O) groups excluding carboxylic acids is 1. The van der Waals surface area contributed by atoms with E-state index in [4.69, 9.17) is 9.84 Å². The van der Waals surface area contributed by atoms with Crippen LogP contribution in [0.15, 0.2) is 79.1 Å². The van der Waals surface area contributed by atoms with E-state index in [1.165, 1.54) is 11.1 Å². The molecule has 0 fully saturated rings. The number of carboxylic acid groups (broad SMARTS) is 1. The standard InChI is InChI=1S/C40H50N2O4/c1-27(2)20-30-9-13-32(14-10-30)23-41-37-22-34(17-18-38(37)46-26-33-15-11-31(12-16-33)21-28(3)4)40(45)36-25-42(19-7-8-39(43)44)24-35(36)29(5)6/h9-18,22,24-25,27-29,41H,7-8,19-21,23,26H2,1-6H3,(H,43,44). The highest BCUT2D eigenvalue weighted by molar-refractivity contribution is 6.10. The average Bonchev–Trinajstić information content (AvgIpc) is 3.44. The second-order valence-electron chi connectivity index (χ2n) is 13.5. The number of ketones is 1. The summed E-state index contributed by atoms with van der Waals surface area (Å²) >= 11 is 0. The van der Waals surface area contributed by atoms with Gasteiger partial charge in [0.2, 0.25) is 0 Å². The maximum absolute atomic E-state index is 13.9. The van der Waals surface area contributed by atoms with E-state index in [9.17, 15) is 9.59 Å². The molecule has 46 heavy (non-hydrogen) atoms. The number of nitrogens with zero attached hydrogens (tertiary/aromatic N) is 1. The minimum Gasteiger partial charge on any atom is -0.487 e. The highest BCUT2D eigenvalue weighted by Gasteiger charge is 2.20. The maximum atomic E-state index is 13.9. The molecule has 4 rings (SSSR count). The van der Waals surface area contributed by atoms with Crippen molar-refractivity contribution in [2.45, 2.75) is 92.8 Å². The monoisotopic (exact) mass is 622 g/mol. The highest BCUT2D eigenvalue weighted by atomic mass is 16.5. The largest absolute Gasteiger partial charge is 0.487 e. The minimum atomic E-state index is -0.815. The zero-order valence-electron chi connectivity index (χ0n) is 28.3. The predicted molar refractivity (Wildman–Crippen MR) is 187 cm³/mol. The third-order valence-electron chi connectivity index (χ3n) is 8.04. The lowest BCUT2D eigenvalue weighted by Crippen LogP contribution is -2.08. The SMILES string of the molecule is CC(C)Cc1ccc(CNc2cc(C(=O)c3cn(CCCC(=O)O)cc3C(C)C)ccc2OCc2ccc(CC(C)C)cc2)cc1. The fraction of sp³-hybridized carbons (Fsp3) is 0.400. The molecule has 244 valence electrons. The Bertz CT molecular complexity index is 1580. The molecule has 0 atom stereocenters. The van der Waals surface area contributed by atoms with Crippen LogP contribution in [0, 0.1) is 11.8 Å². The van der Waals surface area contributed by atoms with Gasteiger partial charge in [-0.2, -0.15) is 0 Å². The van der Waals surface area contributed by atoms with Gasteiger partial charge in [-0.15, -0.1) is 0 Å². The zero-order chi connectivity index (χ0) is 33.2. The first-order valence-corrected chi connectivity index (χ1v) is 16.6. The lowest BCUT2D eigenvalue weighted by molar-refractivity contribution is -0.137. The highest BCUT2D eigenvalue weighted by Crippen LogP contribution is 2.31. The van der Waals surface area contributed by atoms with Crippen LogP contribution in [0.25, 0.3) is 0 Å². The smallest absolute Gasteiger partial charge is 0.303 e. The van der Waals surface area contributed by atoms with Gasteiger partial charge in [0.25, 0.3) is 0 Å². The topological polar surface area (TPSA) is 80.6 Å². The Morgan fingerprint density at radius 2 is 1.37 bits per heavy atom. The van der Waals surface area contributed by atoms with Crippen LogP contribution >= 0.6 is 0 Å². The van der Waals surface area contributed by atoms with Gasteiger partial charge in [0.05, 0.1) is 5.69 Å². The summed E-state index contributed by atoms with van der Waals surface area (Å²) < 4.78 is 8.28. The Morgan fingerprint density at radius 3 is 1.93 bits per heavy atom. The fourth-order valence-corrected chi connectivity index (χ4v) is 5.67. The number of hydrogen-bond acceptors (Lipinski definition) is 4. The number of anilines is 1. The summed E-state index contributed by atoms with van der Waals surface area (Å²) in [6, 6.07) is 22.9. The van der Waals surface area contributed by atoms with Gasteiger partial charge < -0.3 is 19.7 Å². The molecular formula is C40H50N2O4. The van der Waals surface area contributed by atoms with Crippen LogP contribution in [0.2, 0.25) is 0 Å². The molecule has 0 saturated heterocycles. The Balaban J connectivity index is 1.57. The molecule has 0 unspecified atom stereocenters. The number of aromatic nitrogens is 1. The van der Waals surface area contributed by atoms with Gasteiger partial charge in [-0.1, -0.05) is 90.1 Å². The van der Waals surface area contributed by atoms with Crippen LogP contribution in [0.3, 0.4) is 0 Å². The van der Waals surface area contributed by atoms with Gasteiger partial charge in [-0.3, -0.25) is 9.59 Å². The molecule has 6 nitrogen and oxygen atoms in total. The first kappa shape index (κ1) is 34.6. The van der Waals surface area contributed by atoms with Crippen molar-refractivity contribution in [3.63, 3.8) is 0 Å². The quantitative estimate of drug-likeness (QED) is 0.115. The van der Waals surface area contributed by atoms with Crippen LogP contribution in [0.1, 0.15) is 104 Å². The van der Waals surface area contributed by atoms with Crippen molar-refractivity contribution in [2.75, 3.05) is 5.32 Å². The number of aryl methyl sites for hydroxylation is 1. The van der Waals surface area contributed by atoms with Crippen LogP contribution in [-0.2, 0) is 37.3 Å². The molecule has 1 aromatic heterocycles. The summed E-state index contributed by atoms with van der Waals surface area (Å²) in [5.74, 6) is 1.17. The van der Waals surface area contributed by atoms with Crippen LogP contribution < -0.4 is 10.1 Å². The Morgan fingerprint density at radius 1 is 0.783 bits per heavy atom. The molecule has 0 aliphatic rings. The molecular weight excluding hydrogens is 572 g/mol. The summed E-state index contributed by atoms with van der Waals surface area (Å²) in [6.45, 7) is 14.6. The number of rotatable bonds is 17. The van der Waals surface area contributed by atoms with Gasteiger partial charge in [-0.05, 0) is 83.0 Å². The van der Waals surface area contributed by atoms with E-state index >= 15 is 0 Å². The van der Waals surface area contributed by atoms with Crippen molar-refractivity contribution in [1.82, 2.24) is 4.57 Å². The first-order chi connectivity index (χ1) is 22.0.